The molecule has 0 saturated carbocycles. The Morgan fingerprint density at radius 1 is 0.968 bits per heavy atom. The van der Waals surface area contributed by atoms with Gasteiger partial charge >= 0.3 is 0 Å². The molecule has 156 valence electrons. The van der Waals surface area contributed by atoms with Crippen LogP contribution in [-0.2, 0) is 4.79 Å². The summed E-state index contributed by atoms with van der Waals surface area (Å²) in [6.45, 7) is 1.57. The van der Waals surface area contributed by atoms with Crippen molar-refractivity contribution in [3.63, 3.8) is 0 Å². The van der Waals surface area contributed by atoms with Gasteiger partial charge in [-0.3, -0.25) is 4.79 Å². The average Bonchev–Trinajstić information content (AvgIpc) is 3.28. The predicted molar refractivity (Wildman–Crippen MR) is 126 cm³/mol. The number of amides is 1. The number of nitrogens with zero attached hydrogens (tertiary/aromatic N) is 2. The Bertz CT molecular complexity index is 1150. The lowest BCUT2D eigenvalue weighted by Crippen LogP contribution is -2.40. The average molecular weight is 428 g/mol. The highest BCUT2D eigenvalue weighted by Gasteiger charge is 2.31. The van der Waals surface area contributed by atoms with Crippen LogP contribution in [-0.4, -0.2) is 33.9 Å². The zero-order valence-electron chi connectivity index (χ0n) is 17.3. The Kier molecular flexibility index (Phi) is 5.76. The minimum absolute atomic E-state index is 0.207. The number of carbonyl (C=O) groups is 1. The van der Waals surface area contributed by atoms with Crippen LogP contribution in [0, 0.1) is 0 Å². The lowest BCUT2D eigenvalue weighted by atomic mass is 9.89. The molecule has 3 heterocycles. The van der Waals surface area contributed by atoms with E-state index in [0.717, 1.165) is 42.0 Å². The molecule has 1 fully saturated rings. The quantitative estimate of drug-likeness (QED) is 0.409. The second-order valence-corrected chi connectivity index (χ2v) is 9.14. The molecule has 5 rings (SSSR count). The molecule has 0 spiro atoms. The van der Waals surface area contributed by atoms with Crippen molar-refractivity contribution >= 4 is 28.7 Å². The van der Waals surface area contributed by atoms with Gasteiger partial charge in [0.1, 0.15) is 10.9 Å². The third-order valence-electron chi connectivity index (χ3n) is 6.05. The Balaban J connectivity index is 1.32. The summed E-state index contributed by atoms with van der Waals surface area (Å²) in [6, 6.07) is 24.5. The van der Waals surface area contributed by atoms with Crippen LogP contribution in [0.3, 0.4) is 0 Å². The molecule has 0 radical (unpaired) electrons. The van der Waals surface area contributed by atoms with Crippen molar-refractivity contribution in [1.82, 2.24) is 14.9 Å². The molecular weight excluding hydrogens is 402 g/mol. The van der Waals surface area contributed by atoms with Crippen molar-refractivity contribution in [2.24, 2.45) is 0 Å². The Hall–Kier alpha value is -3.05. The van der Waals surface area contributed by atoms with E-state index in [4.69, 9.17) is 0 Å². The highest BCUT2D eigenvalue weighted by molar-refractivity contribution is 8.00. The van der Waals surface area contributed by atoms with Crippen LogP contribution in [0.2, 0.25) is 0 Å². The van der Waals surface area contributed by atoms with Gasteiger partial charge in [-0.25, -0.2) is 4.98 Å². The predicted octanol–water partition coefficient (Wildman–Crippen LogP) is 5.80. The number of aromatic nitrogens is 2. The smallest absolute Gasteiger partial charge is 0.240 e. The minimum atomic E-state index is -0.225. The van der Waals surface area contributed by atoms with Crippen LogP contribution >= 0.6 is 11.8 Å². The molecule has 31 heavy (non-hydrogen) atoms. The van der Waals surface area contributed by atoms with Gasteiger partial charge in [-0.1, -0.05) is 48.5 Å². The Morgan fingerprint density at radius 2 is 1.68 bits per heavy atom. The monoisotopic (exact) mass is 427 g/mol. The van der Waals surface area contributed by atoms with Gasteiger partial charge in [-0.05, 0) is 54.2 Å². The van der Waals surface area contributed by atoms with Crippen molar-refractivity contribution in [1.29, 1.82) is 0 Å². The van der Waals surface area contributed by atoms with E-state index in [1.54, 1.807) is 11.8 Å². The van der Waals surface area contributed by atoms with Gasteiger partial charge in [-0.2, -0.15) is 0 Å². The standard InChI is InChI=1S/C26H25N3OS/c30-26(24(20-8-3-1-4-9-20)31-21-10-5-2-6-11-21)29-16-13-19(14-17-29)23-18-28-25-22(23)12-7-15-27-25/h1-12,15,18-19,24H,13-14,16-17H2,(H,27,28). The van der Waals surface area contributed by atoms with E-state index in [0.29, 0.717) is 5.92 Å². The first-order valence-corrected chi connectivity index (χ1v) is 11.6. The van der Waals surface area contributed by atoms with Crippen LogP contribution in [0.4, 0.5) is 0 Å². The molecule has 4 nitrogen and oxygen atoms in total. The van der Waals surface area contributed by atoms with E-state index in [2.05, 4.69) is 51.4 Å². The summed E-state index contributed by atoms with van der Waals surface area (Å²) < 4.78 is 0. The number of hydrogen-bond donors (Lipinski definition) is 1. The third-order valence-corrected chi connectivity index (χ3v) is 7.31. The third kappa shape index (κ3) is 4.23. The van der Waals surface area contributed by atoms with Crippen LogP contribution in [0.1, 0.15) is 35.1 Å². The van der Waals surface area contributed by atoms with Crippen molar-refractivity contribution < 1.29 is 4.79 Å². The molecule has 1 aliphatic rings. The van der Waals surface area contributed by atoms with Gasteiger partial charge in [0.25, 0.3) is 0 Å². The minimum Gasteiger partial charge on any atom is -0.346 e. The Morgan fingerprint density at radius 3 is 2.42 bits per heavy atom. The largest absolute Gasteiger partial charge is 0.346 e. The molecule has 1 amide bonds. The summed E-state index contributed by atoms with van der Waals surface area (Å²) in [4.78, 5) is 24.5. The Labute approximate surface area is 186 Å². The molecule has 5 heteroatoms. The lowest BCUT2D eigenvalue weighted by Gasteiger charge is -2.34. The molecule has 2 aromatic carbocycles. The summed E-state index contributed by atoms with van der Waals surface area (Å²) in [7, 11) is 0. The number of aromatic amines is 1. The number of hydrogen-bond acceptors (Lipinski definition) is 3. The molecule has 0 aliphatic carbocycles. The fourth-order valence-corrected chi connectivity index (χ4v) is 5.55. The fourth-order valence-electron chi connectivity index (χ4n) is 4.42. The van der Waals surface area contributed by atoms with Crippen LogP contribution in [0.25, 0.3) is 11.0 Å². The van der Waals surface area contributed by atoms with Gasteiger partial charge in [0.05, 0.1) is 0 Å². The number of piperidine rings is 1. The van der Waals surface area contributed by atoms with Crippen LogP contribution in [0.15, 0.2) is 90.1 Å². The number of carbonyl (C=O) groups excluding carboxylic acids is 1. The molecule has 2 aromatic heterocycles. The molecule has 1 N–H and O–H groups in total. The number of fused-ring (bicyclic) bond motifs is 1. The first kappa shape index (κ1) is 19.9. The van der Waals surface area contributed by atoms with Gasteiger partial charge in [-0.15, -0.1) is 11.8 Å². The summed E-state index contributed by atoms with van der Waals surface area (Å²) in [6.07, 6.45) is 5.87. The fraction of sp³-hybridized carbons (Fsp3) is 0.231. The van der Waals surface area contributed by atoms with Gasteiger partial charge < -0.3 is 9.88 Å². The van der Waals surface area contributed by atoms with Crippen molar-refractivity contribution in [2.75, 3.05) is 13.1 Å². The number of benzene rings is 2. The molecule has 0 bridgehead atoms. The second-order valence-electron chi connectivity index (χ2n) is 7.96. The molecule has 1 unspecified atom stereocenters. The summed E-state index contributed by atoms with van der Waals surface area (Å²) in [5.74, 6) is 0.665. The van der Waals surface area contributed by atoms with Gasteiger partial charge in [0.15, 0.2) is 0 Å². The van der Waals surface area contributed by atoms with E-state index in [1.807, 2.05) is 48.7 Å². The van der Waals surface area contributed by atoms with E-state index < -0.39 is 0 Å². The number of pyridine rings is 1. The lowest BCUT2D eigenvalue weighted by molar-refractivity contribution is -0.131. The van der Waals surface area contributed by atoms with Crippen LogP contribution in [0.5, 0.6) is 0 Å². The topological polar surface area (TPSA) is 49.0 Å². The van der Waals surface area contributed by atoms with E-state index >= 15 is 0 Å². The zero-order valence-corrected chi connectivity index (χ0v) is 18.1. The van der Waals surface area contributed by atoms with Gasteiger partial charge in [0, 0.05) is 35.8 Å². The molecule has 1 aliphatic heterocycles. The van der Waals surface area contributed by atoms with Gasteiger partial charge in [0.2, 0.25) is 5.91 Å². The highest BCUT2D eigenvalue weighted by atomic mass is 32.2. The molecule has 1 saturated heterocycles. The summed E-state index contributed by atoms with van der Waals surface area (Å²) in [5, 5.41) is 0.978. The second kappa shape index (κ2) is 8.98. The highest BCUT2D eigenvalue weighted by Crippen LogP contribution is 2.39. The first-order valence-electron chi connectivity index (χ1n) is 10.8. The SMILES string of the molecule is O=C(C(Sc1ccccc1)c1ccccc1)N1CCC(c2c[nH]c3ncccc23)CC1. The normalized spacial score (nSPS) is 15.8. The maximum Gasteiger partial charge on any atom is 0.240 e. The number of rotatable bonds is 5. The summed E-state index contributed by atoms with van der Waals surface area (Å²) in [5.41, 5.74) is 3.33. The van der Waals surface area contributed by atoms with Crippen LogP contribution < -0.4 is 0 Å². The van der Waals surface area contributed by atoms with Crippen molar-refractivity contribution in [2.45, 2.75) is 28.9 Å². The van der Waals surface area contributed by atoms with E-state index in [1.165, 1.54) is 10.9 Å². The van der Waals surface area contributed by atoms with Crippen molar-refractivity contribution in [3.8, 4) is 0 Å². The number of thioether (sulfide) groups is 1. The molecule has 4 aromatic rings. The summed E-state index contributed by atoms with van der Waals surface area (Å²) >= 11 is 1.64. The maximum absolute atomic E-state index is 13.6. The van der Waals surface area contributed by atoms with E-state index in [9.17, 15) is 4.79 Å². The number of H-pyrrole nitrogens is 1. The maximum atomic E-state index is 13.6. The number of nitrogens with one attached hydrogen (secondary N) is 1. The number of likely N-dealkylation sites (tertiary alicyclic amines) is 1. The first-order chi connectivity index (χ1) is 15.3. The zero-order chi connectivity index (χ0) is 21.0. The molecule has 1 atom stereocenters. The molecular formula is C26H25N3OS. The van der Waals surface area contributed by atoms with Crippen molar-refractivity contribution in [3.05, 3.63) is 96.3 Å². The van der Waals surface area contributed by atoms with E-state index in [-0.39, 0.29) is 11.2 Å².